The molecular weight excluding hydrogens is 571 g/mol. The van der Waals surface area contributed by atoms with Crippen molar-refractivity contribution < 1.29 is 0 Å². The van der Waals surface area contributed by atoms with E-state index in [-0.39, 0.29) is 5.56 Å². The molecule has 0 atom stereocenters. The van der Waals surface area contributed by atoms with Crippen molar-refractivity contribution >= 4 is 44.6 Å². The van der Waals surface area contributed by atoms with E-state index in [9.17, 15) is 4.79 Å². The summed E-state index contributed by atoms with van der Waals surface area (Å²) in [4.78, 5) is 14.3. The molecule has 0 unspecified atom stereocenters. The summed E-state index contributed by atoms with van der Waals surface area (Å²) >= 11 is 0. The Hall–Kier alpha value is -6.25. The summed E-state index contributed by atoms with van der Waals surface area (Å²) in [5, 5.41) is 4.94. The fourth-order valence-electron chi connectivity index (χ4n) is 7.13. The van der Waals surface area contributed by atoms with Crippen LogP contribution in [-0.4, -0.2) is 4.57 Å². The quantitative estimate of drug-likeness (QED) is 0.174. The molecular formula is C45H31NO. The molecule has 0 amide bonds. The summed E-state index contributed by atoms with van der Waals surface area (Å²) in [5.41, 5.74) is 10.3. The van der Waals surface area contributed by atoms with Crippen molar-refractivity contribution in [1.29, 1.82) is 0 Å². The molecule has 0 aliphatic rings. The number of pyridine rings is 1. The Bertz CT molecular complexity index is 2560. The van der Waals surface area contributed by atoms with Gasteiger partial charge in [-0.25, -0.2) is 0 Å². The van der Waals surface area contributed by atoms with Gasteiger partial charge in [0.25, 0.3) is 5.56 Å². The van der Waals surface area contributed by atoms with Crippen molar-refractivity contribution in [3.8, 4) is 39.1 Å². The number of rotatable bonds is 6. The van der Waals surface area contributed by atoms with E-state index >= 15 is 0 Å². The Morgan fingerprint density at radius 2 is 0.979 bits per heavy atom. The zero-order valence-electron chi connectivity index (χ0n) is 25.9. The molecule has 0 bridgehead atoms. The van der Waals surface area contributed by atoms with E-state index in [1.807, 2.05) is 89.5 Å². The minimum absolute atomic E-state index is 0.0338. The van der Waals surface area contributed by atoms with Crippen LogP contribution in [0, 0.1) is 0 Å². The average molecular weight is 602 g/mol. The van der Waals surface area contributed by atoms with Crippen molar-refractivity contribution in [2.75, 3.05) is 0 Å². The maximum Gasteiger partial charge on any atom is 0.263 e. The standard InChI is InChI=1S/C45H31NO/c1-3-33-34(4-2)44(31-19-9-6-10-20-31)40-29-32(27-28-38(40)43(33)30-17-7-5-8-18-30)35-21-13-15-25-41(35)46-42-26-16-14-23-37(42)36-22-11-12-24-39(36)45(46)47/h3-29H,1-2H2. The van der Waals surface area contributed by atoms with E-state index in [0.29, 0.717) is 5.39 Å². The van der Waals surface area contributed by atoms with Crippen LogP contribution in [0.15, 0.2) is 170 Å². The molecule has 0 aliphatic heterocycles. The summed E-state index contributed by atoms with van der Waals surface area (Å²) in [6, 6.07) is 51.9. The van der Waals surface area contributed by atoms with Crippen LogP contribution in [0.2, 0.25) is 0 Å². The second kappa shape index (κ2) is 11.6. The maximum absolute atomic E-state index is 14.3. The normalized spacial score (nSPS) is 11.2. The number of para-hydroxylation sites is 2. The van der Waals surface area contributed by atoms with Gasteiger partial charge in [0.2, 0.25) is 0 Å². The number of aromatic nitrogens is 1. The molecule has 8 aromatic rings. The summed E-state index contributed by atoms with van der Waals surface area (Å²) in [5.74, 6) is 0. The van der Waals surface area contributed by atoms with Crippen molar-refractivity contribution in [3.05, 3.63) is 186 Å². The third-order valence-electron chi connectivity index (χ3n) is 9.17. The minimum Gasteiger partial charge on any atom is -0.276 e. The third-order valence-corrected chi connectivity index (χ3v) is 9.17. The Balaban J connectivity index is 1.48. The first kappa shape index (κ1) is 28.2. The van der Waals surface area contributed by atoms with Gasteiger partial charge in [-0.3, -0.25) is 9.36 Å². The average Bonchev–Trinajstić information content (AvgIpc) is 3.14. The summed E-state index contributed by atoms with van der Waals surface area (Å²) < 4.78 is 1.88. The number of hydrogen-bond acceptors (Lipinski definition) is 1. The Morgan fingerprint density at radius 3 is 1.64 bits per heavy atom. The lowest BCUT2D eigenvalue weighted by molar-refractivity contribution is 1.06. The van der Waals surface area contributed by atoms with Gasteiger partial charge in [-0.05, 0) is 79.4 Å². The Kier molecular flexibility index (Phi) is 6.97. The van der Waals surface area contributed by atoms with Gasteiger partial charge in [0, 0.05) is 16.3 Å². The minimum atomic E-state index is -0.0338. The molecule has 47 heavy (non-hydrogen) atoms. The van der Waals surface area contributed by atoms with Gasteiger partial charge >= 0.3 is 0 Å². The van der Waals surface area contributed by atoms with Gasteiger partial charge in [0.1, 0.15) is 0 Å². The Labute approximate surface area is 273 Å². The molecule has 2 nitrogen and oxygen atoms in total. The van der Waals surface area contributed by atoms with Gasteiger partial charge in [0.15, 0.2) is 0 Å². The highest BCUT2D eigenvalue weighted by atomic mass is 16.1. The molecule has 1 aromatic heterocycles. The first-order valence-electron chi connectivity index (χ1n) is 15.8. The highest BCUT2D eigenvalue weighted by molar-refractivity contribution is 6.13. The number of benzene rings is 7. The fourth-order valence-corrected chi connectivity index (χ4v) is 7.13. The lowest BCUT2D eigenvalue weighted by Gasteiger charge is -2.21. The molecule has 0 radical (unpaired) electrons. The van der Waals surface area contributed by atoms with E-state index < -0.39 is 0 Å². The molecule has 0 N–H and O–H groups in total. The van der Waals surface area contributed by atoms with Crippen LogP contribution in [-0.2, 0) is 0 Å². The van der Waals surface area contributed by atoms with Gasteiger partial charge in [-0.1, -0.05) is 153 Å². The monoisotopic (exact) mass is 601 g/mol. The molecule has 1 heterocycles. The second-order valence-corrected chi connectivity index (χ2v) is 11.7. The van der Waals surface area contributed by atoms with Crippen LogP contribution in [0.5, 0.6) is 0 Å². The summed E-state index contributed by atoms with van der Waals surface area (Å²) in [6.45, 7) is 8.53. The van der Waals surface area contributed by atoms with Gasteiger partial charge < -0.3 is 0 Å². The first-order valence-corrected chi connectivity index (χ1v) is 15.8. The lowest BCUT2D eigenvalue weighted by Crippen LogP contribution is -2.19. The second-order valence-electron chi connectivity index (χ2n) is 11.7. The number of fused-ring (bicyclic) bond motifs is 4. The Morgan fingerprint density at radius 1 is 0.447 bits per heavy atom. The zero-order valence-corrected chi connectivity index (χ0v) is 25.9. The lowest BCUT2D eigenvalue weighted by atomic mass is 9.82. The van der Waals surface area contributed by atoms with Crippen molar-refractivity contribution in [3.63, 3.8) is 0 Å². The molecule has 0 spiro atoms. The van der Waals surface area contributed by atoms with Crippen molar-refractivity contribution in [2.24, 2.45) is 0 Å². The van der Waals surface area contributed by atoms with Crippen LogP contribution in [0.3, 0.4) is 0 Å². The molecule has 7 aromatic carbocycles. The van der Waals surface area contributed by atoms with E-state index in [1.165, 1.54) is 0 Å². The van der Waals surface area contributed by atoms with E-state index in [2.05, 4.69) is 92.0 Å². The predicted molar refractivity (Wildman–Crippen MR) is 201 cm³/mol. The largest absolute Gasteiger partial charge is 0.276 e. The molecule has 0 saturated heterocycles. The fraction of sp³-hybridized carbons (Fsp3) is 0. The number of nitrogens with zero attached hydrogens (tertiary/aromatic N) is 1. The van der Waals surface area contributed by atoms with Gasteiger partial charge in [0.05, 0.1) is 11.2 Å². The van der Waals surface area contributed by atoms with Crippen molar-refractivity contribution in [2.45, 2.75) is 0 Å². The van der Waals surface area contributed by atoms with E-state index in [1.54, 1.807) is 0 Å². The molecule has 0 fully saturated rings. The summed E-state index contributed by atoms with van der Waals surface area (Å²) in [6.07, 6.45) is 3.90. The first-order chi connectivity index (χ1) is 23.2. The van der Waals surface area contributed by atoms with Crippen LogP contribution >= 0.6 is 0 Å². The van der Waals surface area contributed by atoms with Gasteiger partial charge in [-0.2, -0.15) is 0 Å². The molecule has 0 saturated carbocycles. The SMILES string of the molecule is C=Cc1c(C=C)c(-c2ccccc2)c2cc(-c3ccccc3-n3c(=O)c4ccccc4c4ccccc43)ccc2c1-c1ccccc1. The van der Waals surface area contributed by atoms with Crippen LogP contribution < -0.4 is 5.56 Å². The molecule has 2 heteroatoms. The molecule has 222 valence electrons. The molecule has 0 aliphatic carbocycles. The van der Waals surface area contributed by atoms with Gasteiger partial charge in [-0.15, -0.1) is 0 Å². The highest BCUT2D eigenvalue weighted by Crippen LogP contribution is 2.45. The van der Waals surface area contributed by atoms with Crippen LogP contribution in [0.1, 0.15) is 11.1 Å². The smallest absolute Gasteiger partial charge is 0.263 e. The molecule has 8 rings (SSSR count). The van der Waals surface area contributed by atoms with E-state index in [4.69, 9.17) is 0 Å². The maximum atomic E-state index is 14.3. The predicted octanol–water partition coefficient (Wildman–Crippen LogP) is 11.6. The van der Waals surface area contributed by atoms with Crippen LogP contribution in [0.25, 0.3) is 83.7 Å². The zero-order chi connectivity index (χ0) is 31.9. The summed E-state index contributed by atoms with van der Waals surface area (Å²) in [7, 11) is 0. The topological polar surface area (TPSA) is 22.0 Å². The van der Waals surface area contributed by atoms with E-state index in [0.717, 1.165) is 77.3 Å². The van der Waals surface area contributed by atoms with Crippen molar-refractivity contribution in [1.82, 2.24) is 4.57 Å². The highest BCUT2D eigenvalue weighted by Gasteiger charge is 2.21. The third kappa shape index (κ3) is 4.54. The van der Waals surface area contributed by atoms with Crippen LogP contribution in [0.4, 0.5) is 0 Å². The number of hydrogen-bond donors (Lipinski definition) is 0.